The summed E-state index contributed by atoms with van der Waals surface area (Å²) in [5.41, 5.74) is 11.1. The molecule has 2 aromatic carbocycles. The molecule has 164 valence electrons. The van der Waals surface area contributed by atoms with Crippen molar-refractivity contribution in [3.63, 3.8) is 0 Å². The number of thioether (sulfide) groups is 1. The molecule has 2 aliphatic heterocycles. The zero-order valence-corrected chi connectivity index (χ0v) is 18.7. The highest BCUT2D eigenvalue weighted by Gasteiger charge is 2.55. The summed E-state index contributed by atoms with van der Waals surface area (Å²) in [6.07, 6.45) is -1.13. The average molecular weight is 442 g/mol. The maximum atomic E-state index is 9.19. The molecule has 1 unspecified atom stereocenters. The molecule has 2 saturated heterocycles. The number of fused-ring (bicyclic) bond motifs is 1. The van der Waals surface area contributed by atoms with E-state index in [2.05, 4.69) is 22.2 Å². The van der Waals surface area contributed by atoms with Crippen LogP contribution in [0.3, 0.4) is 0 Å². The lowest BCUT2D eigenvalue weighted by Crippen LogP contribution is -2.55. The number of aryl methyl sites for hydroxylation is 1. The summed E-state index contributed by atoms with van der Waals surface area (Å²) < 4.78 is 24.7. The largest absolute Gasteiger partial charge is 0.374 e. The summed E-state index contributed by atoms with van der Waals surface area (Å²) in [7, 11) is 0. The predicted molar refractivity (Wildman–Crippen MR) is 119 cm³/mol. The van der Waals surface area contributed by atoms with Gasteiger partial charge in [-0.15, -0.1) is 0 Å². The van der Waals surface area contributed by atoms with Gasteiger partial charge in [-0.3, -0.25) is 0 Å². The molecule has 0 N–H and O–H groups in total. The third-order valence-corrected chi connectivity index (χ3v) is 6.47. The number of nitrogens with zero attached hydrogens (tertiary/aromatic N) is 3. The van der Waals surface area contributed by atoms with Gasteiger partial charge in [-0.05, 0) is 44.0 Å². The molecule has 0 radical (unpaired) electrons. The Balaban J connectivity index is 1.52. The van der Waals surface area contributed by atoms with Crippen LogP contribution in [0.4, 0.5) is 0 Å². The molecule has 0 aliphatic carbocycles. The first-order valence-corrected chi connectivity index (χ1v) is 11.2. The van der Waals surface area contributed by atoms with Crippen LogP contribution >= 0.6 is 11.8 Å². The molecule has 2 heterocycles. The standard InChI is InChI=1S/C23H27N3O4S/c1-15-9-11-17(12-10-15)31-22-19(25-26-24)21-20(29-23(2,3)30-21)18(28-22)14-27-13-16-7-5-4-6-8-16/h4-12,18-22H,13-14H2,1-3H3/t18-,19-,20+,21-,22?/m1/s1. The minimum atomic E-state index is -0.789. The van der Waals surface area contributed by atoms with Crippen molar-refractivity contribution in [1.29, 1.82) is 0 Å². The lowest BCUT2D eigenvalue weighted by Gasteiger charge is -2.40. The van der Waals surface area contributed by atoms with Crippen LogP contribution in [-0.2, 0) is 25.6 Å². The normalized spacial score (nSPS) is 29.2. The maximum Gasteiger partial charge on any atom is 0.163 e. The van der Waals surface area contributed by atoms with E-state index in [0.29, 0.717) is 13.2 Å². The molecular formula is C23H27N3O4S. The van der Waals surface area contributed by atoms with E-state index >= 15 is 0 Å². The summed E-state index contributed by atoms with van der Waals surface area (Å²) in [6.45, 7) is 6.61. The van der Waals surface area contributed by atoms with E-state index < -0.39 is 23.4 Å². The number of hydrogen-bond acceptors (Lipinski definition) is 6. The highest BCUT2D eigenvalue weighted by Crippen LogP contribution is 2.43. The predicted octanol–water partition coefficient (Wildman–Crippen LogP) is 5.23. The molecule has 8 heteroatoms. The number of ether oxygens (including phenoxy) is 4. The van der Waals surface area contributed by atoms with Crippen LogP contribution in [0, 0.1) is 6.92 Å². The Kier molecular flexibility index (Phi) is 6.86. The van der Waals surface area contributed by atoms with Crippen LogP contribution in [0.1, 0.15) is 25.0 Å². The van der Waals surface area contributed by atoms with Gasteiger partial charge in [0.25, 0.3) is 0 Å². The van der Waals surface area contributed by atoms with Gasteiger partial charge in [0.1, 0.15) is 29.8 Å². The van der Waals surface area contributed by atoms with E-state index in [1.807, 2.05) is 63.2 Å². The fourth-order valence-corrected chi connectivity index (χ4v) is 4.99. The van der Waals surface area contributed by atoms with Gasteiger partial charge in [-0.2, -0.15) is 0 Å². The Labute approximate surface area is 186 Å². The van der Waals surface area contributed by atoms with Crippen molar-refractivity contribution in [2.24, 2.45) is 5.11 Å². The summed E-state index contributed by atoms with van der Waals surface area (Å²) >= 11 is 1.53. The van der Waals surface area contributed by atoms with Gasteiger partial charge in [0.05, 0.1) is 13.2 Å². The topological polar surface area (TPSA) is 85.7 Å². The molecule has 31 heavy (non-hydrogen) atoms. The van der Waals surface area contributed by atoms with E-state index in [1.165, 1.54) is 17.3 Å². The van der Waals surface area contributed by atoms with Crippen molar-refractivity contribution in [3.8, 4) is 0 Å². The van der Waals surface area contributed by atoms with E-state index in [0.717, 1.165) is 10.5 Å². The zero-order valence-electron chi connectivity index (χ0n) is 17.9. The molecule has 0 amide bonds. The first-order chi connectivity index (χ1) is 14.9. The number of benzene rings is 2. The molecule has 0 aromatic heterocycles. The van der Waals surface area contributed by atoms with Crippen LogP contribution in [0.25, 0.3) is 10.4 Å². The summed E-state index contributed by atoms with van der Waals surface area (Å²) in [6, 6.07) is 17.7. The monoisotopic (exact) mass is 441 g/mol. The van der Waals surface area contributed by atoms with E-state index in [9.17, 15) is 5.53 Å². The van der Waals surface area contributed by atoms with E-state index in [1.54, 1.807) is 0 Å². The second-order valence-corrected chi connectivity index (χ2v) is 9.41. The van der Waals surface area contributed by atoms with Gasteiger partial charge >= 0.3 is 0 Å². The second kappa shape index (κ2) is 9.61. The van der Waals surface area contributed by atoms with Gasteiger partial charge in [0, 0.05) is 9.81 Å². The third kappa shape index (κ3) is 5.41. The van der Waals surface area contributed by atoms with Crippen molar-refractivity contribution in [1.82, 2.24) is 0 Å². The summed E-state index contributed by atoms with van der Waals surface area (Å²) in [5, 5.41) is 4.04. The number of rotatable bonds is 7. The van der Waals surface area contributed by atoms with Crippen LogP contribution in [0.2, 0.25) is 0 Å². The van der Waals surface area contributed by atoms with Crippen molar-refractivity contribution in [2.45, 2.75) is 67.9 Å². The number of azide groups is 1. The molecule has 0 spiro atoms. The Morgan fingerprint density at radius 2 is 1.77 bits per heavy atom. The van der Waals surface area contributed by atoms with Gasteiger partial charge < -0.3 is 18.9 Å². The van der Waals surface area contributed by atoms with Crippen molar-refractivity contribution < 1.29 is 18.9 Å². The van der Waals surface area contributed by atoms with Gasteiger partial charge in [-0.25, -0.2) is 0 Å². The van der Waals surface area contributed by atoms with Crippen molar-refractivity contribution in [3.05, 3.63) is 76.2 Å². The highest BCUT2D eigenvalue weighted by molar-refractivity contribution is 7.99. The summed E-state index contributed by atoms with van der Waals surface area (Å²) in [5.74, 6) is -0.789. The summed E-state index contributed by atoms with van der Waals surface area (Å²) in [4.78, 5) is 4.10. The third-order valence-electron chi connectivity index (χ3n) is 5.31. The van der Waals surface area contributed by atoms with E-state index in [4.69, 9.17) is 18.9 Å². The molecule has 2 fully saturated rings. The number of hydrogen-bond donors (Lipinski definition) is 0. The fraction of sp³-hybridized carbons (Fsp3) is 0.478. The Morgan fingerprint density at radius 3 is 2.48 bits per heavy atom. The Morgan fingerprint density at radius 1 is 1.06 bits per heavy atom. The first-order valence-electron chi connectivity index (χ1n) is 10.4. The Bertz CT molecular complexity index is 918. The lowest BCUT2D eigenvalue weighted by atomic mass is 9.99. The van der Waals surface area contributed by atoms with Gasteiger partial charge in [0.15, 0.2) is 5.79 Å². The second-order valence-electron chi connectivity index (χ2n) is 8.23. The van der Waals surface area contributed by atoms with Crippen LogP contribution < -0.4 is 0 Å². The van der Waals surface area contributed by atoms with E-state index in [-0.39, 0.29) is 12.2 Å². The van der Waals surface area contributed by atoms with Crippen molar-refractivity contribution >= 4 is 11.8 Å². The van der Waals surface area contributed by atoms with Crippen molar-refractivity contribution in [2.75, 3.05) is 6.61 Å². The SMILES string of the molecule is Cc1ccc(SC2O[C@H](COCc3ccccc3)[C@@H]3OC(C)(C)O[C@@H]3[C@H]2N=[N+]=[N-])cc1. The highest BCUT2D eigenvalue weighted by atomic mass is 32.2. The molecule has 4 rings (SSSR count). The van der Waals surface area contributed by atoms with Crippen LogP contribution in [0.15, 0.2) is 64.6 Å². The maximum absolute atomic E-state index is 9.19. The minimum Gasteiger partial charge on any atom is -0.374 e. The zero-order chi connectivity index (χ0) is 21.8. The van der Waals surface area contributed by atoms with Crippen LogP contribution in [-0.4, -0.2) is 42.2 Å². The minimum absolute atomic E-state index is 0.344. The fourth-order valence-electron chi connectivity index (χ4n) is 3.88. The average Bonchev–Trinajstić information content (AvgIpc) is 3.08. The molecule has 2 aliphatic rings. The first kappa shape index (κ1) is 22.1. The van der Waals surface area contributed by atoms with Gasteiger partial charge in [0.2, 0.25) is 0 Å². The molecule has 5 atom stereocenters. The smallest absolute Gasteiger partial charge is 0.163 e. The molecular weight excluding hydrogens is 414 g/mol. The molecule has 7 nitrogen and oxygen atoms in total. The quantitative estimate of drug-likeness (QED) is 0.334. The molecule has 0 saturated carbocycles. The lowest BCUT2D eigenvalue weighted by molar-refractivity contribution is -0.163. The molecule has 0 bridgehead atoms. The van der Waals surface area contributed by atoms with Gasteiger partial charge in [-0.1, -0.05) is 64.9 Å². The van der Waals surface area contributed by atoms with Crippen LogP contribution in [0.5, 0.6) is 0 Å². The molecule has 2 aromatic rings. The Hall–Kier alpha value is -2.06.